The van der Waals surface area contributed by atoms with Gasteiger partial charge in [-0.1, -0.05) is 17.7 Å². The zero-order chi connectivity index (χ0) is 13.3. The van der Waals surface area contributed by atoms with Crippen LogP contribution in [-0.2, 0) is 0 Å². The molecule has 94 valence electrons. The average Bonchev–Trinajstić information content (AvgIpc) is 2.65. The van der Waals surface area contributed by atoms with E-state index in [2.05, 4.69) is 10.3 Å². The molecule has 0 saturated heterocycles. The lowest BCUT2D eigenvalue weighted by Gasteiger charge is -2.04. The Morgan fingerprint density at radius 3 is 2.72 bits per heavy atom. The summed E-state index contributed by atoms with van der Waals surface area (Å²) in [6.45, 7) is 3.65. The molecule has 4 nitrogen and oxygen atoms in total. The third-order valence-electron chi connectivity index (χ3n) is 2.42. The van der Waals surface area contributed by atoms with Crippen molar-refractivity contribution < 1.29 is 9.90 Å². The number of carboxylic acid groups (broad SMARTS) is 1. The van der Waals surface area contributed by atoms with Gasteiger partial charge in [0.05, 0.1) is 0 Å². The van der Waals surface area contributed by atoms with Gasteiger partial charge >= 0.3 is 5.97 Å². The van der Waals surface area contributed by atoms with Gasteiger partial charge in [0.1, 0.15) is 0 Å². The molecule has 0 atom stereocenters. The van der Waals surface area contributed by atoms with Gasteiger partial charge in [-0.2, -0.15) is 0 Å². The molecular formula is C12H11ClN2O2S. The lowest BCUT2D eigenvalue weighted by molar-refractivity contribution is 0.0690. The second kappa shape index (κ2) is 4.96. The summed E-state index contributed by atoms with van der Waals surface area (Å²) in [7, 11) is 0. The fourth-order valence-electron chi connectivity index (χ4n) is 1.44. The third kappa shape index (κ3) is 2.63. The molecule has 18 heavy (non-hydrogen) atoms. The Morgan fingerprint density at radius 2 is 2.17 bits per heavy atom. The lowest BCUT2D eigenvalue weighted by atomic mass is 10.2. The molecule has 0 amide bonds. The average molecular weight is 283 g/mol. The van der Waals surface area contributed by atoms with E-state index in [9.17, 15) is 4.79 Å². The molecule has 0 fully saturated rings. The zero-order valence-electron chi connectivity index (χ0n) is 9.82. The Balaban J connectivity index is 2.26. The molecule has 2 rings (SSSR count). The number of nitrogens with zero attached hydrogens (tertiary/aromatic N) is 1. The molecule has 0 unspecified atom stereocenters. The second-order valence-electron chi connectivity index (χ2n) is 3.82. The Labute approximate surface area is 113 Å². The highest BCUT2D eigenvalue weighted by atomic mass is 35.5. The van der Waals surface area contributed by atoms with Gasteiger partial charge in [-0.15, -0.1) is 11.3 Å². The van der Waals surface area contributed by atoms with E-state index in [0.29, 0.717) is 15.0 Å². The van der Waals surface area contributed by atoms with Gasteiger partial charge in [-0.25, -0.2) is 9.78 Å². The molecule has 2 N–H and O–H groups in total. The Kier molecular flexibility index (Phi) is 3.54. The molecular weight excluding hydrogens is 272 g/mol. The Morgan fingerprint density at radius 1 is 1.44 bits per heavy atom. The van der Waals surface area contributed by atoms with E-state index in [4.69, 9.17) is 16.7 Å². The van der Waals surface area contributed by atoms with Crippen molar-refractivity contribution in [2.24, 2.45) is 0 Å². The molecule has 1 aromatic heterocycles. The quantitative estimate of drug-likeness (QED) is 0.897. The van der Waals surface area contributed by atoms with Crippen molar-refractivity contribution in [2.45, 2.75) is 13.8 Å². The van der Waals surface area contributed by atoms with Crippen LogP contribution in [0.1, 0.15) is 20.9 Å². The molecule has 2 aromatic rings. The minimum atomic E-state index is -1.02. The van der Waals surface area contributed by atoms with Crippen LogP contribution in [-0.4, -0.2) is 16.1 Å². The van der Waals surface area contributed by atoms with Crippen LogP contribution < -0.4 is 5.32 Å². The van der Waals surface area contributed by atoms with Gasteiger partial charge in [0.15, 0.2) is 10.8 Å². The molecule has 1 heterocycles. The highest BCUT2D eigenvalue weighted by Crippen LogP contribution is 2.27. The number of thiazole rings is 1. The predicted molar refractivity (Wildman–Crippen MR) is 73.3 cm³/mol. The Hall–Kier alpha value is -1.59. The van der Waals surface area contributed by atoms with E-state index in [-0.39, 0.29) is 5.69 Å². The highest BCUT2D eigenvalue weighted by Gasteiger charge is 2.14. The number of aryl methyl sites for hydroxylation is 2. The van der Waals surface area contributed by atoms with Crippen molar-refractivity contribution in [1.82, 2.24) is 4.98 Å². The maximum Gasteiger partial charge on any atom is 0.355 e. The number of rotatable bonds is 3. The summed E-state index contributed by atoms with van der Waals surface area (Å²) in [5, 5.41) is 13.2. The molecule has 1 aromatic carbocycles. The molecule has 0 aliphatic carbocycles. The van der Waals surface area contributed by atoms with Gasteiger partial charge < -0.3 is 10.4 Å². The summed E-state index contributed by atoms with van der Waals surface area (Å²) in [6.07, 6.45) is 0. The van der Waals surface area contributed by atoms with Crippen LogP contribution in [0, 0.1) is 13.8 Å². The first-order valence-corrected chi connectivity index (χ1v) is 6.40. The monoisotopic (exact) mass is 282 g/mol. The molecule has 0 aliphatic rings. The first-order chi connectivity index (χ1) is 8.47. The molecule has 0 aliphatic heterocycles. The summed E-state index contributed by atoms with van der Waals surface area (Å²) in [6, 6.07) is 5.55. The van der Waals surface area contributed by atoms with Crippen molar-refractivity contribution in [1.29, 1.82) is 0 Å². The van der Waals surface area contributed by atoms with E-state index in [0.717, 1.165) is 11.3 Å². The summed E-state index contributed by atoms with van der Waals surface area (Å²) >= 11 is 7.32. The van der Waals surface area contributed by atoms with Crippen molar-refractivity contribution in [3.63, 3.8) is 0 Å². The van der Waals surface area contributed by atoms with Crippen molar-refractivity contribution in [3.8, 4) is 0 Å². The van der Waals surface area contributed by atoms with E-state index >= 15 is 0 Å². The maximum atomic E-state index is 10.9. The van der Waals surface area contributed by atoms with Crippen LogP contribution in [0.2, 0.25) is 5.02 Å². The number of halogens is 1. The van der Waals surface area contributed by atoms with Gasteiger partial charge in [0.2, 0.25) is 0 Å². The van der Waals surface area contributed by atoms with Crippen LogP contribution in [0.4, 0.5) is 10.8 Å². The maximum absolute atomic E-state index is 10.9. The number of hydrogen-bond acceptors (Lipinski definition) is 4. The molecule has 0 spiro atoms. The Bertz CT molecular complexity index is 610. The number of carboxylic acids is 1. The number of hydrogen-bond donors (Lipinski definition) is 2. The lowest BCUT2D eigenvalue weighted by Crippen LogP contribution is -1.99. The number of benzene rings is 1. The normalized spacial score (nSPS) is 10.4. The van der Waals surface area contributed by atoms with Gasteiger partial charge in [0.25, 0.3) is 0 Å². The smallest absolute Gasteiger partial charge is 0.355 e. The minimum Gasteiger partial charge on any atom is -0.476 e. The van der Waals surface area contributed by atoms with E-state index in [1.165, 1.54) is 11.3 Å². The van der Waals surface area contributed by atoms with E-state index < -0.39 is 5.97 Å². The van der Waals surface area contributed by atoms with Gasteiger partial charge in [-0.3, -0.25) is 0 Å². The molecule has 6 heteroatoms. The summed E-state index contributed by atoms with van der Waals surface area (Å²) < 4.78 is 0. The largest absolute Gasteiger partial charge is 0.476 e. The number of aromatic carboxylic acids is 1. The van der Waals surface area contributed by atoms with Crippen LogP contribution in [0.3, 0.4) is 0 Å². The summed E-state index contributed by atoms with van der Waals surface area (Å²) in [5.41, 5.74) is 1.86. The zero-order valence-corrected chi connectivity index (χ0v) is 11.4. The number of anilines is 2. The standard InChI is InChI=1S/C12H11ClN2O2S/c1-6-3-4-8(5-9(6)13)14-12-15-10(11(16)17)7(2)18-12/h3-5H,1-2H3,(H,14,15)(H,16,17). The fourth-order valence-corrected chi connectivity index (χ4v) is 2.45. The molecule has 0 saturated carbocycles. The van der Waals surface area contributed by atoms with Crippen LogP contribution in [0.25, 0.3) is 0 Å². The van der Waals surface area contributed by atoms with Crippen molar-refractivity contribution in [3.05, 3.63) is 39.4 Å². The van der Waals surface area contributed by atoms with Crippen molar-refractivity contribution >= 4 is 39.7 Å². The second-order valence-corrected chi connectivity index (χ2v) is 5.43. The van der Waals surface area contributed by atoms with Crippen LogP contribution in [0.15, 0.2) is 18.2 Å². The summed E-state index contributed by atoms with van der Waals surface area (Å²) in [5.74, 6) is -1.02. The summed E-state index contributed by atoms with van der Waals surface area (Å²) in [4.78, 5) is 15.6. The van der Waals surface area contributed by atoms with Gasteiger partial charge in [-0.05, 0) is 31.5 Å². The van der Waals surface area contributed by atoms with Crippen molar-refractivity contribution in [2.75, 3.05) is 5.32 Å². The number of carbonyl (C=O) groups is 1. The number of nitrogens with one attached hydrogen (secondary N) is 1. The molecule has 0 bridgehead atoms. The first kappa shape index (κ1) is 12.9. The van der Waals surface area contributed by atoms with Crippen LogP contribution >= 0.6 is 22.9 Å². The van der Waals surface area contributed by atoms with Crippen LogP contribution in [0.5, 0.6) is 0 Å². The fraction of sp³-hybridized carbons (Fsp3) is 0.167. The topological polar surface area (TPSA) is 62.2 Å². The first-order valence-electron chi connectivity index (χ1n) is 5.21. The third-order valence-corrected chi connectivity index (χ3v) is 3.72. The van der Waals surface area contributed by atoms with E-state index in [1.807, 2.05) is 19.1 Å². The SMILES string of the molecule is Cc1ccc(Nc2nc(C(=O)O)c(C)s2)cc1Cl. The minimum absolute atomic E-state index is 0.0840. The van der Waals surface area contributed by atoms with Gasteiger partial charge in [0, 0.05) is 15.6 Å². The highest BCUT2D eigenvalue weighted by molar-refractivity contribution is 7.15. The predicted octanol–water partition coefficient (Wildman–Crippen LogP) is 3.86. The number of aromatic nitrogens is 1. The molecule has 0 radical (unpaired) electrons. The van der Waals surface area contributed by atoms with E-state index in [1.54, 1.807) is 13.0 Å².